The molecule has 2 aromatic heterocycles. The van der Waals surface area contributed by atoms with Crippen molar-refractivity contribution >= 4 is 22.6 Å². The van der Waals surface area contributed by atoms with E-state index in [-0.39, 0.29) is 5.91 Å². The second kappa shape index (κ2) is 7.23. The zero-order valence-corrected chi connectivity index (χ0v) is 13.8. The van der Waals surface area contributed by atoms with Crippen molar-refractivity contribution in [2.75, 3.05) is 11.9 Å². The molecular weight excluding hydrogens is 304 g/mol. The van der Waals surface area contributed by atoms with Crippen molar-refractivity contribution in [1.82, 2.24) is 14.8 Å². The molecule has 1 aromatic carbocycles. The molecule has 124 valence electrons. The van der Waals surface area contributed by atoms with Gasteiger partial charge in [0.15, 0.2) is 5.82 Å². The van der Waals surface area contributed by atoms with Crippen LogP contribution in [0.4, 0.5) is 5.82 Å². The molecule has 3 rings (SSSR count). The summed E-state index contributed by atoms with van der Waals surface area (Å²) in [5, 5.41) is 8.25. The van der Waals surface area contributed by atoms with E-state index in [1.54, 1.807) is 23.9 Å². The van der Waals surface area contributed by atoms with Gasteiger partial charge in [0.1, 0.15) is 6.10 Å². The molecule has 0 aliphatic heterocycles. The highest BCUT2D eigenvalue weighted by Gasteiger charge is 2.14. The molecule has 0 aliphatic rings. The van der Waals surface area contributed by atoms with Crippen molar-refractivity contribution in [2.45, 2.75) is 26.5 Å². The minimum atomic E-state index is -0.498. The number of benzene rings is 1. The van der Waals surface area contributed by atoms with E-state index < -0.39 is 6.10 Å². The summed E-state index contributed by atoms with van der Waals surface area (Å²) in [6.07, 6.45) is 3.13. The maximum absolute atomic E-state index is 11.9. The third kappa shape index (κ3) is 3.60. The lowest BCUT2D eigenvalue weighted by molar-refractivity contribution is -0.126. The van der Waals surface area contributed by atoms with E-state index in [1.165, 1.54) is 0 Å². The number of carbonyl (C=O) groups is 1. The molecule has 0 spiro atoms. The Kier molecular flexibility index (Phi) is 4.86. The third-order valence-electron chi connectivity index (χ3n) is 3.73. The number of amides is 1. The summed E-state index contributed by atoms with van der Waals surface area (Å²) in [6, 6.07) is 11.8. The molecule has 1 atom stereocenters. The Balaban J connectivity index is 1.73. The average Bonchev–Trinajstić information content (AvgIpc) is 3.02. The second-order valence-corrected chi connectivity index (χ2v) is 5.48. The molecule has 3 aromatic rings. The minimum absolute atomic E-state index is 0.200. The van der Waals surface area contributed by atoms with Gasteiger partial charge in [-0.15, -0.1) is 0 Å². The Morgan fingerprint density at radius 3 is 2.96 bits per heavy atom. The first-order valence-electron chi connectivity index (χ1n) is 7.96. The largest absolute Gasteiger partial charge is 0.369 e. The van der Waals surface area contributed by atoms with Crippen LogP contribution in [-0.2, 0) is 16.1 Å². The number of fused-ring (bicyclic) bond motifs is 1. The molecule has 0 unspecified atom stereocenters. The van der Waals surface area contributed by atoms with Crippen molar-refractivity contribution in [3.05, 3.63) is 54.4 Å². The maximum Gasteiger partial charge on any atom is 0.254 e. The smallest absolute Gasteiger partial charge is 0.254 e. The van der Waals surface area contributed by atoms with Crippen molar-refractivity contribution in [3.63, 3.8) is 0 Å². The Morgan fingerprint density at radius 2 is 2.12 bits per heavy atom. The lowest BCUT2D eigenvalue weighted by Crippen LogP contribution is -2.27. The van der Waals surface area contributed by atoms with Crippen molar-refractivity contribution < 1.29 is 9.53 Å². The first-order chi connectivity index (χ1) is 11.7. The first kappa shape index (κ1) is 16.1. The van der Waals surface area contributed by atoms with Gasteiger partial charge in [-0.3, -0.25) is 14.5 Å². The van der Waals surface area contributed by atoms with E-state index in [0.717, 1.165) is 16.5 Å². The predicted octanol–water partition coefficient (Wildman–Crippen LogP) is 2.84. The molecule has 0 saturated heterocycles. The Hall–Kier alpha value is -2.73. The van der Waals surface area contributed by atoms with Crippen LogP contribution in [0.1, 0.15) is 19.4 Å². The summed E-state index contributed by atoms with van der Waals surface area (Å²) >= 11 is 0. The quantitative estimate of drug-likeness (QED) is 0.757. The number of hydrogen-bond donors (Lipinski definition) is 1. The van der Waals surface area contributed by atoms with E-state index >= 15 is 0 Å². The number of anilines is 1. The van der Waals surface area contributed by atoms with Gasteiger partial charge >= 0.3 is 0 Å². The molecule has 0 radical (unpaired) electrons. The van der Waals surface area contributed by atoms with Crippen LogP contribution < -0.4 is 5.32 Å². The molecule has 0 saturated carbocycles. The van der Waals surface area contributed by atoms with Crippen LogP contribution in [0.3, 0.4) is 0 Å². The van der Waals surface area contributed by atoms with E-state index in [2.05, 4.69) is 15.4 Å². The van der Waals surface area contributed by atoms with Crippen molar-refractivity contribution in [3.8, 4) is 0 Å². The minimum Gasteiger partial charge on any atom is -0.369 e. The van der Waals surface area contributed by atoms with Gasteiger partial charge < -0.3 is 10.1 Å². The summed E-state index contributed by atoms with van der Waals surface area (Å²) < 4.78 is 7.05. The normalized spacial score (nSPS) is 12.2. The Bertz CT molecular complexity index is 838. The molecule has 1 amide bonds. The number of carbonyl (C=O) groups excluding carboxylic acids is 1. The number of rotatable bonds is 6. The van der Waals surface area contributed by atoms with Crippen LogP contribution in [0.2, 0.25) is 0 Å². The van der Waals surface area contributed by atoms with Gasteiger partial charge in [0.25, 0.3) is 5.91 Å². The number of hydrogen-bond acceptors (Lipinski definition) is 4. The topological polar surface area (TPSA) is 69.0 Å². The molecule has 6 heteroatoms. The number of para-hydroxylation sites is 1. The average molecular weight is 324 g/mol. The molecule has 0 fully saturated rings. The van der Waals surface area contributed by atoms with E-state index in [1.807, 2.05) is 43.5 Å². The van der Waals surface area contributed by atoms with Crippen LogP contribution in [0.25, 0.3) is 10.9 Å². The van der Waals surface area contributed by atoms with E-state index in [0.29, 0.717) is 19.0 Å². The number of pyridine rings is 1. The Morgan fingerprint density at radius 1 is 1.29 bits per heavy atom. The molecule has 1 N–H and O–H groups in total. The second-order valence-electron chi connectivity index (χ2n) is 5.48. The molecule has 6 nitrogen and oxygen atoms in total. The van der Waals surface area contributed by atoms with Gasteiger partial charge in [-0.25, -0.2) is 0 Å². The lowest BCUT2D eigenvalue weighted by Gasteiger charge is -2.10. The summed E-state index contributed by atoms with van der Waals surface area (Å²) in [5.41, 5.74) is 2.04. The van der Waals surface area contributed by atoms with Crippen LogP contribution in [0.15, 0.2) is 48.8 Å². The standard InChI is InChI=1S/C18H20N4O2/c1-3-24-13(2)18(23)20-16-9-11-22(21-16)12-15-7-4-6-14-8-5-10-19-17(14)15/h4-11,13H,3,12H2,1-2H3,(H,20,21,23)/t13-/m0/s1. The van der Waals surface area contributed by atoms with Gasteiger partial charge in [0, 0.05) is 30.5 Å². The number of aromatic nitrogens is 3. The third-order valence-corrected chi connectivity index (χ3v) is 3.73. The molecule has 24 heavy (non-hydrogen) atoms. The van der Waals surface area contributed by atoms with Crippen LogP contribution in [-0.4, -0.2) is 33.4 Å². The summed E-state index contributed by atoms with van der Waals surface area (Å²) in [4.78, 5) is 16.4. The number of nitrogens with zero attached hydrogens (tertiary/aromatic N) is 3. The highest BCUT2D eigenvalue weighted by atomic mass is 16.5. The first-order valence-corrected chi connectivity index (χ1v) is 7.96. The maximum atomic E-state index is 11.9. The van der Waals surface area contributed by atoms with Crippen molar-refractivity contribution in [1.29, 1.82) is 0 Å². The van der Waals surface area contributed by atoms with E-state index in [4.69, 9.17) is 4.74 Å². The molecule has 2 heterocycles. The lowest BCUT2D eigenvalue weighted by atomic mass is 10.1. The fraction of sp³-hybridized carbons (Fsp3) is 0.278. The van der Waals surface area contributed by atoms with Gasteiger partial charge in [-0.1, -0.05) is 24.3 Å². The summed E-state index contributed by atoms with van der Waals surface area (Å²) in [5.74, 6) is 0.314. The molecular formula is C18H20N4O2. The molecule has 0 aliphatic carbocycles. The van der Waals surface area contributed by atoms with Gasteiger partial charge in [0.05, 0.1) is 12.1 Å². The SMILES string of the molecule is CCO[C@@H](C)C(=O)Nc1ccn(Cc2cccc3cccnc23)n1. The van der Waals surface area contributed by atoms with Crippen LogP contribution in [0, 0.1) is 0 Å². The summed E-state index contributed by atoms with van der Waals surface area (Å²) in [6.45, 7) is 4.66. The van der Waals surface area contributed by atoms with Crippen LogP contribution >= 0.6 is 0 Å². The highest BCUT2D eigenvalue weighted by molar-refractivity contribution is 5.93. The van der Waals surface area contributed by atoms with Crippen LogP contribution in [0.5, 0.6) is 0 Å². The highest BCUT2D eigenvalue weighted by Crippen LogP contribution is 2.17. The van der Waals surface area contributed by atoms with Crippen molar-refractivity contribution in [2.24, 2.45) is 0 Å². The fourth-order valence-electron chi connectivity index (χ4n) is 2.54. The van der Waals surface area contributed by atoms with Gasteiger partial charge in [0.2, 0.25) is 0 Å². The fourth-order valence-corrected chi connectivity index (χ4v) is 2.54. The Labute approximate surface area is 140 Å². The zero-order chi connectivity index (χ0) is 16.9. The summed E-state index contributed by atoms with van der Waals surface area (Å²) in [7, 11) is 0. The molecule has 0 bridgehead atoms. The van der Waals surface area contributed by atoms with Gasteiger partial charge in [-0.2, -0.15) is 5.10 Å². The van der Waals surface area contributed by atoms with E-state index in [9.17, 15) is 4.79 Å². The zero-order valence-electron chi connectivity index (χ0n) is 13.8. The predicted molar refractivity (Wildman–Crippen MR) is 92.8 cm³/mol. The van der Waals surface area contributed by atoms with Gasteiger partial charge in [-0.05, 0) is 25.5 Å². The number of nitrogens with one attached hydrogen (secondary N) is 1. The monoisotopic (exact) mass is 324 g/mol. The number of ether oxygens (including phenoxy) is 1.